The Morgan fingerprint density at radius 3 is 2.75 bits per heavy atom. The Morgan fingerprint density at radius 1 is 1.55 bits per heavy atom. The van der Waals surface area contributed by atoms with Gasteiger partial charge in [-0.25, -0.2) is 10.6 Å². The van der Waals surface area contributed by atoms with Crippen molar-refractivity contribution in [3.05, 3.63) is 22.1 Å². The number of hydrogen-bond donors (Lipinski definition) is 3. The van der Waals surface area contributed by atoms with E-state index >= 15 is 0 Å². The van der Waals surface area contributed by atoms with Crippen LogP contribution < -0.4 is 16.4 Å². The van der Waals surface area contributed by atoms with Gasteiger partial charge in [0.25, 0.3) is 5.56 Å². The van der Waals surface area contributed by atoms with E-state index in [9.17, 15) is 22.8 Å². The van der Waals surface area contributed by atoms with Gasteiger partial charge in [0.2, 0.25) is 5.91 Å². The fourth-order valence-corrected chi connectivity index (χ4v) is 1.36. The number of alkyl halides is 3. The Balaban J connectivity index is 2.80. The third-order valence-electron chi connectivity index (χ3n) is 2.09. The summed E-state index contributed by atoms with van der Waals surface area (Å²) < 4.78 is 38.2. The minimum Gasteiger partial charge on any atom is -0.378 e. The van der Waals surface area contributed by atoms with E-state index in [1.807, 2.05) is 5.48 Å². The van der Waals surface area contributed by atoms with Gasteiger partial charge in [-0.15, -0.1) is 0 Å². The van der Waals surface area contributed by atoms with E-state index in [0.717, 1.165) is 6.20 Å². The maximum atomic E-state index is 12.7. The molecule has 0 bridgehead atoms. The molecule has 1 heterocycles. The standard InChI is InChI=1S/C10H13F3N4O3/c1-5(4-20-17-6(2)18)15-7-3-14-16-9(19)8(7)10(11,12)13/h3,5H,4H2,1-2H3,(H,17,18)(H2,15,16,19)/t5-/m0/s1. The summed E-state index contributed by atoms with van der Waals surface area (Å²) in [6.07, 6.45) is -3.95. The molecule has 0 aliphatic heterocycles. The Labute approximate surface area is 111 Å². The number of hydrogen-bond acceptors (Lipinski definition) is 5. The number of anilines is 1. The molecule has 0 aliphatic carbocycles. The van der Waals surface area contributed by atoms with E-state index in [1.54, 1.807) is 5.10 Å². The molecule has 3 N–H and O–H groups in total. The lowest BCUT2D eigenvalue weighted by atomic mass is 10.2. The van der Waals surface area contributed by atoms with Gasteiger partial charge in [0.1, 0.15) is 5.56 Å². The van der Waals surface area contributed by atoms with Crippen LogP contribution in [0.25, 0.3) is 0 Å². The number of nitrogens with zero attached hydrogens (tertiary/aromatic N) is 1. The van der Waals surface area contributed by atoms with Crippen molar-refractivity contribution < 1.29 is 22.8 Å². The third kappa shape index (κ3) is 4.53. The fourth-order valence-electron chi connectivity index (χ4n) is 1.36. The molecule has 112 valence electrons. The Kier molecular flexibility index (Phi) is 5.08. The van der Waals surface area contributed by atoms with Gasteiger partial charge in [-0.3, -0.25) is 14.4 Å². The highest BCUT2D eigenvalue weighted by atomic mass is 19.4. The van der Waals surface area contributed by atoms with E-state index in [4.69, 9.17) is 4.84 Å². The second-order valence-electron chi connectivity index (χ2n) is 4.00. The zero-order chi connectivity index (χ0) is 15.3. The van der Waals surface area contributed by atoms with Crippen LogP contribution >= 0.6 is 0 Å². The van der Waals surface area contributed by atoms with Gasteiger partial charge in [-0.1, -0.05) is 0 Å². The van der Waals surface area contributed by atoms with Crippen LogP contribution in [0.3, 0.4) is 0 Å². The van der Waals surface area contributed by atoms with Gasteiger partial charge >= 0.3 is 6.18 Å². The molecule has 1 atom stereocenters. The minimum absolute atomic E-state index is 0.0936. The number of amides is 1. The number of carbonyl (C=O) groups is 1. The lowest BCUT2D eigenvalue weighted by Gasteiger charge is -2.17. The molecule has 0 saturated carbocycles. The highest BCUT2D eigenvalue weighted by Gasteiger charge is 2.37. The van der Waals surface area contributed by atoms with Crippen molar-refractivity contribution in [2.45, 2.75) is 26.1 Å². The number of aromatic nitrogens is 2. The topological polar surface area (TPSA) is 96.1 Å². The van der Waals surface area contributed by atoms with Crippen molar-refractivity contribution in [1.29, 1.82) is 0 Å². The van der Waals surface area contributed by atoms with Gasteiger partial charge in [0.15, 0.2) is 0 Å². The molecule has 1 aromatic heterocycles. The zero-order valence-electron chi connectivity index (χ0n) is 10.7. The lowest BCUT2D eigenvalue weighted by Crippen LogP contribution is -2.31. The largest absolute Gasteiger partial charge is 0.423 e. The first-order valence-electron chi connectivity index (χ1n) is 5.51. The average Bonchev–Trinajstić information content (AvgIpc) is 2.26. The Morgan fingerprint density at radius 2 is 2.20 bits per heavy atom. The maximum absolute atomic E-state index is 12.7. The van der Waals surface area contributed by atoms with Crippen LogP contribution in [0.15, 0.2) is 11.0 Å². The molecule has 7 nitrogen and oxygen atoms in total. The molecule has 10 heteroatoms. The molecule has 0 fully saturated rings. The smallest absolute Gasteiger partial charge is 0.378 e. The van der Waals surface area contributed by atoms with Gasteiger partial charge < -0.3 is 5.32 Å². The molecule has 20 heavy (non-hydrogen) atoms. The zero-order valence-corrected chi connectivity index (χ0v) is 10.7. The Hall–Kier alpha value is -2.10. The number of nitrogens with one attached hydrogen (secondary N) is 3. The number of aromatic amines is 1. The first kappa shape index (κ1) is 16.0. The summed E-state index contributed by atoms with van der Waals surface area (Å²) in [6.45, 7) is 2.65. The molecule has 1 rings (SSSR count). The van der Waals surface area contributed by atoms with Crippen LogP contribution in [-0.2, 0) is 15.8 Å². The van der Waals surface area contributed by atoms with E-state index in [2.05, 4.69) is 10.4 Å². The Bertz CT molecular complexity index is 529. The third-order valence-corrected chi connectivity index (χ3v) is 2.09. The summed E-state index contributed by atoms with van der Waals surface area (Å²) in [6, 6.07) is -0.591. The van der Waals surface area contributed by atoms with Crippen LogP contribution in [-0.4, -0.2) is 28.8 Å². The van der Waals surface area contributed by atoms with Crippen LogP contribution in [0.2, 0.25) is 0 Å². The van der Waals surface area contributed by atoms with Crippen molar-refractivity contribution in [3.8, 4) is 0 Å². The summed E-state index contributed by atoms with van der Waals surface area (Å²) in [7, 11) is 0. The van der Waals surface area contributed by atoms with E-state index in [0.29, 0.717) is 0 Å². The molecule has 0 aliphatic rings. The molecule has 0 spiro atoms. The predicted octanol–water partition coefficient (Wildman–Crippen LogP) is 0.657. The number of hydroxylamine groups is 1. The van der Waals surface area contributed by atoms with Crippen LogP contribution in [0, 0.1) is 0 Å². The monoisotopic (exact) mass is 294 g/mol. The highest BCUT2D eigenvalue weighted by Crippen LogP contribution is 2.31. The number of H-pyrrole nitrogens is 1. The van der Waals surface area contributed by atoms with E-state index in [1.165, 1.54) is 13.8 Å². The lowest BCUT2D eigenvalue weighted by molar-refractivity contribution is -0.138. The fraction of sp³-hybridized carbons (Fsp3) is 0.500. The van der Waals surface area contributed by atoms with Crippen molar-refractivity contribution >= 4 is 11.6 Å². The summed E-state index contributed by atoms with van der Waals surface area (Å²) >= 11 is 0. The first-order valence-corrected chi connectivity index (χ1v) is 5.51. The molecule has 0 unspecified atom stereocenters. The number of halogens is 3. The predicted molar refractivity (Wildman–Crippen MR) is 62.7 cm³/mol. The summed E-state index contributed by atoms with van der Waals surface area (Å²) in [4.78, 5) is 26.5. The summed E-state index contributed by atoms with van der Waals surface area (Å²) in [5.41, 5.74) is -1.12. The second-order valence-corrected chi connectivity index (χ2v) is 4.00. The van der Waals surface area contributed by atoms with E-state index < -0.39 is 34.9 Å². The van der Waals surface area contributed by atoms with Crippen LogP contribution in [0.5, 0.6) is 0 Å². The number of rotatable bonds is 5. The van der Waals surface area contributed by atoms with Gasteiger partial charge in [0, 0.05) is 13.0 Å². The number of carbonyl (C=O) groups excluding carboxylic acids is 1. The highest BCUT2D eigenvalue weighted by molar-refractivity contribution is 5.71. The first-order chi connectivity index (χ1) is 9.21. The molecular weight excluding hydrogens is 281 g/mol. The quantitative estimate of drug-likeness (QED) is 0.693. The molecule has 0 radical (unpaired) electrons. The summed E-state index contributed by atoms with van der Waals surface area (Å²) in [5, 5.41) is 7.49. The molecule has 0 aromatic carbocycles. The van der Waals surface area contributed by atoms with Gasteiger partial charge in [-0.2, -0.15) is 18.3 Å². The minimum atomic E-state index is -4.81. The molecular formula is C10H13F3N4O3. The van der Waals surface area contributed by atoms with Crippen molar-refractivity contribution in [1.82, 2.24) is 15.7 Å². The SMILES string of the molecule is CC(=O)NOC[C@H](C)Nc1cn[nH]c(=O)c1C(F)(F)F. The van der Waals surface area contributed by atoms with Crippen molar-refractivity contribution in [2.75, 3.05) is 11.9 Å². The van der Waals surface area contributed by atoms with Crippen LogP contribution in [0.1, 0.15) is 19.4 Å². The molecule has 1 amide bonds. The average molecular weight is 294 g/mol. The van der Waals surface area contributed by atoms with Gasteiger partial charge in [0.05, 0.1) is 18.5 Å². The second kappa shape index (κ2) is 6.37. The van der Waals surface area contributed by atoms with Crippen molar-refractivity contribution in [3.63, 3.8) is 0 Å². The van der Waals surface area contributed by atoms with Crippen molar-refractivity contribution in [2.24, 2.45) is 0 Å². The van der Waals surface area contributed by atoms with E-state index in [-0.39, 0.29) is 6.61 Å². The van der Waals surface area contributed by atoms with Gasteiger partial charge in [-0.05, 0) is 6.92 Å². The normalized spacial score (nSPS) is 12.8. The maximum Gasteiger partial charge on any atom is 0.423 e. The molecule has 1 aromatic rings. The molecule has 0 saturated heterocycles. The summed E-state index contributed by atoms with van der Waals surface area (Å²) in [5.74, 6) is -0.439. The van der Waals surface area contributed by atoms with Crippen LogP contribution in [0.4, 0.5) is 18.9 Å².